The molecule has 0 fully saturated rings. The third kappa shape index (κ3) is 154. The van der Waals surface area contributed by atoms with Crippen molar-refractivity contribution in [2.24, 2.45) is 0 Å². The Morgan fingerprint density at radius 1 is 0.0435 bits per heavy atom. The van der Waals surface area contributed by atoms with Gasteiger partial charge in [-0.05, 0) is 0 Å². The SMILES string of the molecule is [U].[U].[U].[U].[U].[U].[U].[U].[U].[U].[U].[U].[U].[U].[U].[U].[U].[U].[U].[U].[U].[U].[U]. The minimum Gasteiger partial charge on any atom is 0 e. The fraction of sp³-hybridized carbons (Fsp3) is 0. The predicted molar refractivity (Wildman–Crippen MR) is 0 cm³/mol. The molecule has 0 nitrogen and oxygen atoms in total. The Morgan fingerprint density at radius 3 is 0.0435 bits per heavy atom. The topological polar surface area (TPSA) is 0 Å². The van der Waals surface area contributed by atoms with Crippen LogP contribution >= 0.6 is 0 Å². The van der Waals surface area contributed by atoms with E-state index in [1.807, 2.05) is 0 Å². The summed E-state index contributed by atoms with van der Waals surface area (Å²) in [4.78, 5) is 0. The Morgan fingerprint density at radius 2 is 0.0435 bits per heavy atom. The predicted octanol–water partition coefficient (Wildman–Crippen LogP) is 0. The molecule has 0 aromatic carbocycles. The van der Waals surface area contributed by atoms with Crippen LogP contribution in [0.3, 0.4) is 0 Å². The first kappa shape index (κ1) is 172. The second kappa shape index (κ2) is 161. The maximum Gasteiger partial charge on any atom is 0 e. The summed E-state index contributed by atoms with van der Waals surface area (Å²) < 4.78 is 0. The van der Waals surface area contributed by atoms with Gasteiger partial charge in [0, 0.05) is 716 Å². The van der Waals surface area contributed by atoms with E-state index in [9.17, 15) is 0 Å². The molecule has 0 aromatic rings. The molecule has 0 heterocycles. The van der Waals surface area contributed by atoms with Gasteiger partial charge < -0.3 is 0 Å². The molecule has 0 saturated heterocycles. The van der Waals surface area contributed by atoms with E-state index in [2.05, 4.69) is 0 Å². The minimum atomic E-state index is 0. The van der Waals surface area contributed by atoms with Crippen molar-refractivity contribution in [2.75, 3.05) is 0 Å². The van der Waals surface area contributed by atoms with E-state index in [-0.39, 0.29) is 716 Å². The van der Waals surface area contributed by atoms with Crippen LogP contribution in [0, 0.1) is 716 Å². The average molecular weight is 5470 g/mol. The summed E-state index contributed by atoms with van der Waals surface area (Å²) in [5, 5.41) is 0. The zero-order valence-electron chi connectivity index (χ0n) is 11.5. The van der Waals surface area contributed by atoms with Crippen molar-refractivity contribution in [1.82, 2.24) is 0 Å². The standard InChI is InChI=1S/23U. The molecule has 92 valence electrons. The smallest absolute Gasteiger partial charge is 0 e. The third-order valence-corrected chi connectivity index (χ3v) is 0. The monoisotopic (exact) mass is 5480 g/mol. The maximum atomic E-state index is 0. The third-order valence-electron chi connectivity index (χ3n) is 0. The van der Waals surface area contributed by atoms with E-state index in [0.717, 1.165) is 0 Å². The van der Waals surface area contributed by atoms with Gasteiger partial charge in [0.2, 0.25) is 0 Å². The van der Waals surface area contributed by atoms with Crippen LogP contribution in [0.15, 0.2) is 0 Å². The van der Waals surface area contributed by atoms with Gasteiger partial charge in [0.15, 0.2) is 0 Å². The van der Waals surface area contributed by atoms with Crippen LogP contribution < -0.4 is 0 Å². The summed E-state index contributed by atoms with van der Waals surface area (Å²) >= 11 is 0. The molecule has 0 aliphatic rings. The Balaban J connectivity index is 0. The van der Waals surface area contributed by atoms with Crippen molar-refractivity contribution in [3.63, 3.8) is 0 Å². The maximum absolute atomic E-state index is 0. The molecule has 0 N–H and O–H groups in total. The fourth-order valence-corrected chi connectivity index (χ4v) is 0. The van der Waals surface area contributed by atoms with Gasteiger partial charge in [-0.3, -0.25) is 0 Å². The quantitative estimate of drug-likeness (QED) is 0.321. The van der Waals surface area contributed by atoms with E-state index in [1.54, 1.807) is 0 Å². The molecule has 0 radical (unpaired) electrons. The Hall–Kier alpha value is 24.2. The summed E-state index contributed by atoms with van der Waals surface area (Å²) in [5.74, 6) is 0. The van der Waals surface area contributed by atoms with Crippen LogP contribution in [-0.4, -0.2) is 0 Å². The zero-order chi connectivity index (χ0) is 0. The van der Waals surface area contributed by atoms with Crippen LogP contribution in [0.5, 0.6) is 0 Å². The summed E-state index contributed by atoms with van der Waals surface area (Å²) in [7, 11) is 0. The number of hydrogen-bond acceptors (Lipinski definition) is 0. The largest absolute Gasteiger partial charge is 0 e. The van der Waals surface area contributed by atoms with E-state index in [4.69, 9.17) is 0 Å². The summed E-state index contributed by atoms with van der Waals surface area (Å²) in [6, 6.07) is 0. The Labute approximate surface area is 689 Å². The molecule has 23 heteroatoms. The summed E-state index contributed by atoms with van der Waals surface area (Å²) in [6.45, 7) is 0. The number of rotatable bonds is 0. The van der Waals surface area contributed by atoms with Crippen LogP contribution in [-0.2, 0) is 0 Å². The van der Waals surface area contributed by atoms with Crippen molar-refractivity contribution in [2.45, 2.75) is 0 Å². The van der Waals surface area contributed by atoms with Gasteiger partial charge in [-0.1, -0.05) is 0 Å². The molecule has 0 spiro atoms. The second-order valence-electron chi connectivity index (χ2n) is 0. The molecule has 0 unspecified atom stereocenters. The molecule has 23 heavy (non-hydrogen) atoms. The molecular formula is U23. The molecule has 0 aromatic heterocycles. The van der Waals surface area contributed by atoms with Crippen molar-refractivity contribution < 1.29 is 716 Å². The van der Waals surface area contributed by atoms with Gasteiger partial charge in [0.05, 0.1) is 0 Å². The van der Waals surface area contributed by atoms with Crippen LogP contribution in [0.2, 0.25) is 0 Å². The molecular weight excluding hydrogens is 5470 g/mol. The van der Waals surface area contributed by atoms with Gasteiger partial charge in [-0.25, -0.2) is 0 Å². The average Bonchev–Trinajstić information content (AvgIpc) is 0. The zero-order valence-corrected chi connectivity index (χ0v) is 107. The van der Waals surface area contributed by atoms with Crippen LogP contribution in [0.1, 0.15) is 0 Å². The fourth-order valence-electron chi connectivity index (χ4n) is 0. The van der Waals surface area contributed by atoms with E-state index in [1.165, 1.54) is 0 Å². The summed E-state index contributed by atoms with van der Waals surface area (Å²) in [5.41, 5.74) is 0. The first-order chi connectivity index (χ1) is 0. The normalized spacial score (nSPS) is 0. The first-order valence-electron chi connectivity index (χ1n) is 0. The Bertz CT molecular complexity index is 0. The van der Waals surface area contributed by atoms with Crippen molar-refractivity contribution >= 4 is 0 Å². The number of hydrogen-bond donors (Lipinski definition) is 0. The molecule has 0 amide bonds. The van der Waals surface area contributed by atoms with E-state index >= 15 is 0 Å². The van der Waals surface area contributed by atoms with Gasteiger partial charge in [-0.15, -0.1) is 0 Å². The van der Waals surface area contributed by atoms with Gasteiger partial charge in [-0.2, -0.15) is 0 Å². The van der Waals surface area contributed by atoms with Crippen LogP contribution in [0.25, 0.3) is 0 Å². The summed E-state index contributed by atoms with van der Waals surface area (Å²) in [6.07, 6.45) is 0. The van der Waals surface area contributed by atoms with E-state index < -0.39 is 0 Å². The second-order valence-corrected chi connectivity index (χ2v) is 0. The van der Waals surface area contributed by atoms with Crippen molar-refractivity contribution in [3.8, 4) is 0 Å². The molecule has 0 rings (SSSR count). The van der Waals surface area contributed by atoms with Crippen molar-refractivity contribution in [3.05, 3.63) is 0 Å². The molecule has 0 aliphatic heterocycles. The van der Waals surface area contributed by atoms with Crippen LogP contribution in [0.4, 0.5) is 0 Å². The Kier molecular flexibility index (Phi) is 1210. The minimum absolute atomic E-state index is 0. The molecule has 0 saturated carbocycles. The van der Waals surface area contributed by atoms with Crippen molar-refractivity contribution in [1.29, 1.82) is 0 Å². The molecule has 0 atom stereocenters. The molecule has 0 bridgehead atoms. The van der Waals surface area contributed by atoms with Gasteiger partial charge in [0.25, 0.3) is 0 Å². The van der Waals surface area contributed by atoms with E-state index in [0.29, 0.717) is 0 Å². The molecule has 0 aliphatic carbocycles. The van der Waals surface area contributed by atoms with Gasteiger partial charge >= 0.3 is 0 Å². The first-order valence-corrected chi connectivity index (χ1v) is 0. The van der Waals surface area contributed by atoms with Gasteiger partial charge in [0.1, 0.15) is 0 Å².